The summed E-state index contributed by atoms with van der Waals surface area (Å²) in [6, 6.07) is 3.14. The third-order valence-electron chi connectivity index (χ3n) is 3.61. The van der Waals surface area contributed by atoms with Crippen molar-refractivity contribution in [2.45, 2.75) is 25.7 Å². The first-order chi connectivity index (χ1) is 10.6. The van der Waals surface area contributed by atoms with Gasteiger partial charge in [0.25, 0.3) is 11.5 Å². The van der Waals surface area contributed by atoms with E-state index in [0.717, 1.165) is 25.0 Å². The van der Waals surface area contributed by atoms with Gasteiger partial charge < -0.3 is 0 Å². The van der Waals surface area contributed by atoms with Crippen LogP contribution in [0.15, 0.2) is 23.0 Å². The fourth-order valence-electron chi connectivity index (χ4n) is 2.55. The van der Waals surface area contributed by atoms with Gasteiger partial charge in [-0.05, 0) is 37.8 Å². The van der Waals surface area contributed by atoms with Crippen molar-refractivity contribution in [3.63, 3.8) is 0 Å². The van der Waals surface area contributed by atoms with Gasteiger partial charge in [-0.15, -0.1) is 0 Å². The maximum atomic E-state index is 13.6. The quantitative estimate of drug-likeness (QED) is 0.893. The van der Waals surface area contributed by atoms with Crippen molar-refractivity contribution in [1.29, 1.82) is 0 Å². The highest BCUT2D eigenvalue weighted by molar-refractivity contribution is 6.03. The largest absolute Gasteiger partial charge is 0.292 e. The van der Waals surface area contributed by atoms with Crippen LogP contribution in [0.4, 0.5) is 14.7 Å². The molecule has 1 aromatic carbocycles. The van der Waals surface area contributed by atoms with E-state index in [1.807, 2.05) is 0 Å². The van der Waals surface area contributed by atoms with Crippen LogP contribution in [0.2, 0.25) is 0 Å². The van der Waals surface area contributed by atoms with E-state index in [0.29, 0.717) is 24.1 Å². The number of carbonyl (C=O) groups is 1. The molecule has 0 spiro atoms. The fourth-order valence-corrected chi connectivity index (χ4v) is 2.55. The monoisotopic (exact) mass is 305 g/mol. The smallest absolute Gasteiger partial charge is 0.263 e. The van der Waals surface area contributed by atoms with Crippen molar-refractivity contribution in [1.82, 2.24) is 9.97 Å². The minimum Gasteiger partial charge on any atom is -0.292 e. The number of amides is 1. The van der Waals surface area contributed by atoms with Crippen LogP contribution in [0.5, 0.6) is 0 Å². The Labute approximate surface area is 124 Å². The van der Waals surface area contributed by atoms with Gasteiger partial charge in [-0.1, -0.05) is 6.07 Å². The molecule has 0 fully saturated rings. The Balaban J connectivity index is 1.92. The van der Waals surface area contributed by atoms with E-state index in [1.165, 1.54) is 6.07 Å². The summed E-state index contributed by atoms with van der Waals surface area (Å²) < 4.78 is 27.1. The molecule has 1 aromatic heterocycles. The highest BCUT2D eigenvalue weighted by atomic mass is 19.1. The molecule has 0 atom stereocenters. The summed E-state index contributed by atoms with van der Waals surface area (Å²) in [6.07, 6.45) is 3.13. The lowest BCUT2D eigenvalue weighted by molar-refractivity contribution is 0.101. The summed E-state index contributed by atoms with van der Waals surface area (Å²) in [5.74, 6) is -3.04. The number of fused-ring (bicyclic) bond motifs is 1. The lowest BCUT2D eigenvalue weighted by Crippen LogP contribution is -2.25. The third kappa shape index (κ3) is 2.61. The maximum absolute atomic E-state index is 13.6. The summed E-state index contributed by atoms with van der Waals surface area (Å²) in [5, 5.41) is 2.25. The molecule has 0 saturated heterocycles. The molecule has 2 aromatic rings. The Kier molecular flexibility index (Phi) is 3.70. The number of aromatic nitrogens is 2. The van der Waals surface area contributed by atoms with E-state index in [1.54, 1.807) is 0 Å². The molecule has 5 nitrogen and oxygen atoms in total. The normalized spacial score (nSPS) is 13.5. The number of nitrogens with one attached hydrogen (secondary N) is 2. The molecule has 22 heavy (non-hydrogen) atoms. The summed E-state index contributed by atoms with van der Waals surface area (Å²) >= 11 is 0. The van der Waals surface area contributed by atoms with E-state index in [4.69, 9.17) is 0 Å². The summed E-state index contributed by atoms with van der Waals surface area (Å²) in [7, 11) is 0. The zero-order valence-corrected chi connectivity index (χ0v) is 11.6. The van der Waals surface area contributed by atoms with Crippen molar-refractivity contribution >= 4 is 11.9 Å². The molecule has 7 heteroatoms. The van der Waals surface area contributed by atoms with E-state index >= 15 is 0 Å². The number of aryl methyl sites for hydroxylation is 1. The van der Waals surface area contributed by atoms with Gasteiger partial charge in [-0.3, -0.25) is 19.9 Å². The second-order valence-electron chi connectivity index (χ2n) is 5.10. The molecular weight excluding hydrogens is 292 g/mol. The molecule has 0 bridgehead atoms. The van der Waals surface area contributed by atoms with Gasteiger partial charge in [-0.2, -0.15) is 0 Å². The van der Waals surface area contributed by atoms with Crippen molar-refractivity contribution < 1.29 is 13.6 Å². The average Bonchev–Trinajstić information content (AvgIpc) is 2.47. The molecule has 2 N–H and O–H groups in total. The first-order valence-electron chi connectivity index (χ1n) is 6.93. The van der Waals surface area contributed by atoms with E-state index in [9.17, 15) is 18.4 Å². The number of hydrogen-bond donors (Lipinski definition) is 2. The topological polar surface area (TPSA) is 74.8 Å². The van der Waals surface area contributed by atoms with Crippen LogP contribution in [0.3, 0.4) is 0 Å². The number of halogens is 2. The Hall–Kier alpha value is -2.57. The number of aromatic amines is 1. The number of rotatable bonds is 2. The van der Waals surface area contributed by atoms with Crippen LogP contribution in [0.25, 0.3) is 0 Å². The minimum absolute atomic E-state index is 0.0988. The van der Waals surface area contributed by atoms with Crippen molar-refractivity contribution in [3.05, 3.63) is 57.0 Å². The molecule has 0 saturated carbocycles. The Morgan fingerprint density at radius 2 is 1.86 bits per heavy atom. The molecule has 0 unspecified atom stereocenters. The van der Waals surface area contributed by atoms with Crippen LogP contribution in [-0.2, 0) is 12.8 Å². The Bertz CT molecular complexity index is 782. The molecule has 0 radical (unpaired) electrons. The minimum atomic E-state index is -0.991. The standard InChI is InChI=1S/C15H13F2N3O2/c16-9-5-3-6-10(17)12(9)14(22)20-15-18-11-7-2-1-4-8(11)13(21)19-15/h3,5-6H,1-2,4,7H2,(H2,18,19,20,21,22). The molecule has 0 aliphatic heterocycles. The molecule has 114 valence electrons. The second-order valence-corrected chi connectivity index (χ2v) is 5.10. The number of benzene rings is 1. The third-order valence-corrected chi connectivity index (χ3v) is 3.61. The predicted octanol–water partition coefficient (Wildman–Crippen LogP) is 2.18. The predicted molar refractivity (Wildman–Crippen MR) is 75.8 cm³/mol. The number of carbonyl (C=O) groups excluding carboxylic acids is 1. The summed E-state index contributed by atoms with van der Waals surface area (Å²) in [6.45, 7) is 0. The van der Waals surface area contributed by atoms with Gasteiger partial charge in [0.1, 0.15) is 17.2 Å². The van der Waals surface area contributed by atoms with Crippen LogP contribution in [-0.4, -0.2) is 15.9 Å². The van der Waals surface area contributed by atoms with E-state index < -0.39 is 23.1 Å². The molecule has 1 amide bonds. The van der Waals surface area contributed by atoms with Gasteiger partial charge in [-0.25, -0.2) is 13.8 Å². The Morgan fingerprint density at radius 3 is 2.59 bits per heavy atom. The number of anilines is 1. The maximum Gasteiger partial charge on any atom is 0.263 e. The lowest BCUT2D eigenvalue weighted by atomic mass is 9.97. The van der Waals surface area contributed by atoms with E-state index in [2.05, 4.69) is 15.3 Å². The van der Waals surface area contributed by atoms with Gasteiger partial charge in [0.2, 0.25) is 5.95 Å². The molecule has 1 heterocycles. The zero-order chi connectivity index (χ0) is 15.7. The molecule has 3 rings (SSSR count). The van der Waals surface area contributed by atoms with Crippen LogP contribution < -0.4 is 10.9 Å². The van der Waals surface area contributed by atoms with Crippen molar-refractivity contribution in [2.24, 2.45) is 0 Å². The Morgan fingerprint density at radius 1 is 1.18 bits per heavy atom. The summed E-state index contributed by atoms with van der Waals surface area (Å²) in [4.78, 5) is 30.5. The second kappa shape index (κ2) is 5.67. The van der Waals surface area contributed by atoms with Gasteiger partial charge in [0.05, 0.1) is 5.69 Å². The van der Waals surface area contributed by atoms with Crippen molar-refractivity contribution in [2.75, 3.05) is 5.32 Å². The van der Waals surface area contributed by atoms with E-state index in [-0.39, 0.29) is 11.5 Å². The molecule has 1 aliphatic rings. The SMILES string of the molecule is O=C(Nc1nc2c(c(=O)[nH]1)CCCC2)c1c(F)cccc1F. The molecular formula is C15H13F2N3O2. The number of hydrogen-bond acceptors (Lipinski definition) is 3. The van der Waals surface area contributed by atoms with Gasteiger partial charge in [0.15, 0.2) is 0 Å². The van der Waals surface area contributed by atoms with Gasteiger partial charge in [0, 0.05) is 5.56 Å². The highest BCUT2D eigenvalue weighted by Gasteiger charge is 2.20. The summed E-state index contributed by atoms with van der Waals surface area (Å²) in [5.41, 5.74) is 0.206. The zero-order valence-electron chi connectivity index (χ0n) is 11.6. The number of H-pyrrole nitrogens is 1. The van der Waals surface area contributed by atoms with Crippen LogP contribution >= 0.6 is 0 Å². The fraction of sp³-hybridized carbons (Fsp3) is 0.267. The molecule has 1 aliphatic carbocycles. The average molecular weight is 305 g/mol. The number of nitrogens with zero attached hydrogens (tertiary/aromatic N) is 1. The van der Waals surface area contributed by atoms with Crippen LogP contribution in [0.1, 0.15) is 34.5 Å². The highest BCUT2D eigenvalue weighted by Crippen LogP contribution is 2.18. The van der Waals surface area contributed by atoms with Crippen LogP contribution in [0, 0.1) is 11.6 Å². The van der Waals surface area contributed by atoms with Gasteiger partial charge >= 0.3 is 0 Å². The lowest BCUT2D eigenvalue weighted by Gasteiger charge is -2.14. The first kappa shape index (κ1) is 14.4. The first-order valence-corrected chi connectivity index (χ1v) is 6.93. The van der Waals surface area contributed by atoms with Crippen molar-refractivity contribution in [3.8, 4) is 0 Å².